The normalized spacial score (nSPS) is 13.3. The van der Waals surface area contributed by atoms with E-state index in [9.17, 15) is 5.11 Å². The molecule has 1 atom stereocenters. The van der Waals surface area contributed by atoms with E-state index < -0.39 is 0 Å². The molecule has 0 saturated carbocycles. The lowest BCUT2D eigenvalue weighted by atomic mass is 10.2. The molecular formula is C11H14N2O. The van der Waals surface area contributed by atoms with Crippen LogP contribution in [-0.2, 0) is 6.42 Å². The second kappa shape index (κ2) is 3.80. The molecule has 14 heavy (non-hydrogen) atoms. The molecule has 0 spiro atoms. The van der Waals surface area contributed by atoms with E-state index in [2.05, 4.69) is 9.38 Å². The van der Waals surface area contributed by atoms with Crippen LogP contribution < -0.4 is 0 Å². The third kappa shape index (κ3) is 1.77. The molecule has 2 rings (SSSR count). The molecule has 0 amide bonds. The first-order chi connectivity index (χ1) is 6.77. The van der Waals surface area contributed by atoms with Crippen LogP contribution in [0, 0.1) is 0 Å². The van der Waals surface area contributed by atoms with Crippen molar-refractivity contribution in [3.05, 3.63) is 36.3 Å². The molecule has 0 fully saturated rings. The van der Waals surface area contributed by atoms with Crippen molar-refractivity contribution in [2.24, 2.45) is 0 Å². The molecule has 2 heterocycles. The van der Waals surface area contributed by atoms with E-state index in [1.165, 1.54) is 0 Å². The van der Waals surface area contributed by atoms with Gasteiger partial charge in [-0.2, -0.15) is 0 Å². The van der Waals surface area contributed by atoms with Gasteiger partial charge in [0.2, 0.25) is 0 Å². The van der Waals surface area contributed by atoms with Crippen LogP contribution in [0.4, 0.5) is 0 Å². The number of aromatic nitrogens is 2. The number of pyridine rings is 1. The zero-order chi connectivity index (χ0) is 9.97. The van der Waals surface area contributed by atoms with Crippen molar-refractivity contribution in [2.45, 2.75) is 25.9 Å². The number of nitrogens with zero attached hydrogens (tertiary/aromatic N) is 2. The van der Waals surface area contributed by atoms with Gasteiger partial charge in [-0.15, -0.1) is 0 Å². The minimum atomic E-state index is -0.246. The molecule has 0 bridgehead atoms. The van der Waals surface area contributed by atoms with Gasteiger partial charge in [0.05, 0.1) is 6.10 Å². The molecule has 1 N–H and O–H groups in total. The number of aliphatic hydroxyl groups excluding tert-OH is 1. The highest BCUT2D eigenvalue weighted by Gasteiger charge is 2.03. The Morgan fingerprint density at radius 2 is 2.36 bits per heavy atom. The fraction of sp³-hybridized carbons (Fsp3) is 0.364. The average Bonchev–Trinajstić information content (AvgIpc) is 2.58. The van der Waals surface area contributed by atoms with Crippen molar-refractivity contribution in [1.29, 1.82) is 0 Å². The minimum absolute atomic E-state index is 0.246. The first kappa shape index (κ1) is 9.21. The summed E-state index contributed by atoms with van der Waals surface area (Å²) in [6.45, 7) is 1.81. The highest BCUT2D eigenvalue weighted by atomic mass is 16.3. The molecule has 0 saturated heterocycles. The topological polar surface area (TPSA) is 37.5 Å². The van der Waals surface area contributed by atoms with E-state index in [1.807, 2.05) is 37.5 Å². The van der Waals surface area contributed by atoms with Gasteiger partial charge in [-0.25, -0.2) is 4.98 Å². The zero-order valence-corrected chi connectivity index (χ0v) is 8.22. The zero-order valence-electron chi connectivity index (χ0n) is 8.22. The number of rotatable bonds is 3. The van der Waals surface area contributed by atoms with Crippen LogP contribution in [0.1, 0.15) is 19.0 Å². The van der Waals surface area contributed by atoms with Crippen LogP contribution in [0.5, 0.6) is 0 Å². The van der Waals surface area contributed by atoms with Gasteiger partial charge in [0.25, 0.3) is 0 Å². The summed E-state index contributed by atoms with van der Waals surface area (Å²) < 4.78 is 2.06. The summed E-state index contributed by atoms with van der Waals surface area (Å²) in [6.07, 6.45) is 5.27. The Labute approximate surface area is 83.0 Å². The Morgan fingerprint density at radius 3 is 3.14 bits per heavy atom. The SMILES string of the molecule is C[C@@H](O)CCc1cnc2ccccn12. The summed E-state index contributed by atoms with van der Waals surface area (Å²) in [5, 5.41) is 9.19. The van der Waals surface area contributed by atoms with Crippen molar-refractivity contribution in [2.75, 3.05) is 0 Å². The van der Waals surface area contributed by atoms with Crippen LogP contribution in [0.15, 0.2) is 30.6 Å². The summed E-state index contributed by atoms with van der Waals surface area (Å²) >= 11 is 0. The van der Waals surface area contributed by atoms with E-state index in [0.717, 1.165) is 24.2 Å². The lowest BCUT2D eigenvalue weighted by Crippen LogP contribution is -2.02. The maximum Gasteiger partial charge on any atom is 0.136 e. The van der Waals surface area contributed by atoms with Crippen molar-refractivity contribution in [1.82, 2.24) is 9.38 Å². The van der Waals surface area contributed by atoms with Crippen LogP contribution in [0.2, 0.25) is 0 Å². The molecule has 2 aromatic heterocycles. The lowest BCUT2D eigenvalue weighted by Gasteiger charge is -2.03. The molecule has 0 aliphatic heterocycles. The van der Waals surface area contributed by atoms with Gasteiger partial charge in [-0.05, 0) is 31.9 Å². The minimum Gasteiger partial charge on any atom is -0.393 e. The molecule has 2 aromatic rings. The standard InChI is InChI=1S/C11H14N2O/c1-9(14)5-6-10-8-12-11-4-2-3-7-13(10)11/h2-4,7-9,14H,5-6H2,1H3/t9-/m1/s1. The second-order valence-corrected chi connectivity index (χ2v) is 3.57. The van der Waals surface area contributed by atoms with Gasteiger partial charge < -0.3 is 9.51 Å². The van der Waals surface area contributed by atoms with E-state index in [4.69, 9.17) is 0 Å². The smallest absolute Gasteiger partial charge is 0.136 e. The van der Waals surface area contributed by atoms with Gasteiger partial charge in [0.15, 0.2) is 0 Å². The molecule has 0 unspecified atom stereocenters. The van der Waals surface area contributed by atoms with Crippen molar-refractivity contribution < 1.29 is 5.11 Å². The molecule has 0 aromatic carbocycles. The third-order valence-corrected chi connectivity index (χ3v) is 2.31. The summed E-state index contributed by atoms with van der Waals surface area (Å²) in [4.78, 5) is 4.28. The molecule has 0 radical (unpaired) electrons. The molecule has 0 aliphatic carbocycles. The van der Waals surface area contributed by atoms with Gasteiger partial charge in [0.1, 0.15) is 5.65 Å². The van der Waals surface area contributed by atoms with E-state index in [0.29, 0.717) is 0 Å². The Bertz CT molecular complexity index is 420. The van der Waals surface area contributed by atoms with E-state index in [-0.39, 0.29) is 6.10 Å². The highest BCUT2D eigenvalue weighted by molar-refractivity contribution is 5.39. The molecule has 74 valence electrons. The lowest BCUT2D eigenvalue weighted by molar-refractivity contribution is 0.184. The summed E-state index contributed by atoms with van der Waals surface area (Å²) in [5.41, 5.74) is 2.12. The van der Waals surface area contributed by atoms with Crippen molar-refractivity contribution in [3.8, 4) is 0 Å². The van der Waals surface area contributed by atoms with Gasteiger partial charge in [-0.3, -0.25) is 0 Å². The van der Waals surface area contributed by atoms with Gasteiger partial charge >= 0.3 is 0 Å². The average molecular weight is 190 g/mol. The van der Waals surface area contributed by atoms with Crippen LogP contribution in [0.25, 0.3) is 5.65 Å². The summed E-state index contributed by atoms with van der Waals surface area (Å²) in [5.74, 6) is 0. The fourth-order valence-electron chi connectivity index (χ4n) is 1.53. The van der Waals surface area contributed by atoms with Gasteiger partial charge in [-0.1, -0.05) is 6.07 Å². The van der Waals surface area contributed by atoms with Crippen molar-refractivity contribution >= 4 is 5.65 Å². The quantitative estimate of drug-likeness (QED) is 0.799. The maximum absolute atomic E-state index is 9.19. The second-order valence-electron chi connectivity index (χ2n) is 3.57. The number of aryl methyl sites for hydroxylation is 1. The molecule has 3 nitrogen and oxygen atoms in total. The number of imidazole rings is 1. The van der Waals surface area contributed by atoms with E-state index in [1.54, 1.807) is 0 Å². The fourth-order valence-corrected chi connectivity index (χ4v) is 1.53. The highest BCUT2D eigenvalue weighted by Crippen LogP contribution is 2.09. The third-order valence-electron chi connectivity index (χ3n) is 2.31. The van der Waals surface area contributed by atoms with Crippen LogP contribution >= 0.6 is 0 Å². The summed E-state index contributed by atoms with van der Waals surface area (Å²) in [7, 11) is 0. The Balaban J connectivity index is 2.25. The number of hydrogen-bond acceptors (Lipinski definition) is 2. The van der Waals surface area contributed by atoms with E-state index >= 15 is 0 Å². The van der Waals surface area contributed by atoms with Gasteiger partial charge in [0, 0.05) is 18.1 Å². The first-order valence-corrected chi connectivity index (χ1v) is 4.86. The Morgan fingerprint density at radius 1 is 1.50 bits per heavy atom. The predicted molar refractivity (Wildman–Crippen MR) is 55.2 cm³/mol. The maximum atomic E-state index is 9.19. The Hall–Kier alpha value is -1.35. The summed E-state index contributed by atoms with van der Waals surface area (Å²) in [6, 6.07) is 5.94. The number of hydrogen-bond donors (Lipinski definition) is 1. The monoisotopic (exact) mass is 190 g/mol. The molecule has 0 aliphatic rings. The van der Waals surface area contributed by atoms with Crippen molar-refractivity contribution in [3.63, 3.8) is 0 Å². The predicted octanol–water partition coefficient (Wildman–Crippen LogP) is 1.65. The number of fused-ring (bicyclic) bond motifs is 1. The largest absolute Gasteiger partial charge is 0.393 e. The van der Waals surface area contributed by atoms with Crippen LogP contribution in [0.3, 0.4) is 0 Å². The molecule has 3 heteroatoms. The number of aliphatic hydroxyl groups is 1. The molecular weight excluding hydrogens is 176 g/mol. The first-order valence-electron chi connectivity index (χ1n) is 4.86. The Kier molecular flexibility index (Phi) is 2.50. The van der Waals surface area contributed by atoms with Crippen LogP contribution in [-0.4, -0.2) is 20.6 Å².